The Bertz CT molecular complexity index is 865. The minimum absolute atomic E-state index is 0.115. The van der Waals surface area contributed by atoms with Crippen molar-refractivity contribution in [3.63, 3.8) is 0 Å². The van der Waals surface area contributed by atoms with Crippen molar-refractivity contribution < 1.29 is 23.9 Å². The van der Waals surface area contributed by atoms with Crippen LogP contribution < -0.4 is 5.73 Å². The lowest BCUT2D eigenvalue weighted by Gasteiger charge is -2.18. The number of imide groups is 1. The van der Waals surface area contributed by atoms with Crippen molar-refractivity contribution in [1.29, 1.82) is 0 Å². The van der Waals surface area contributed by atoms with Crippen molar-refractivity contribution in [1.82, 2.24) is 4.90 Å². The zero-order valence-corrected chi connectivity index (χ0v) is 17.5. The van der Waals surface area contributed by atoms with Gasteiger partial charge in [0.2, 0.25) is 0 Å². The molecule has 0 fully saturated rings. The Morgan fingerprint density at radius 1 is 0.871 bits per heavy atom. The highest BCUT2D eigenvalue weighted by Crippen LogP contribution is 2.22. The second kappa shape index (κ2) is 11.3. The van der Waals surface area contributed by atoms with E-state index in [4.69, 9.17) is 15.2 Å². The van der Waals surface area contributed by atoms with Gasteiger partial charge in [0, 0.05) is 19.6 Å². The number of rotatable bonds is 12. The second-order valence-electron chi connectivity index (χ2n) is 7.53. The molecule has 1 aliphatic rings. The number of primary amides is 1. The third-order valence-corrected chi connectivity index (χ3v) is 5.23. The van der Waals surface area contributed by atoms with Crippen molar-refractivity contribution in [3.8, 4) is 0 Å². The molecule has 1 atom stereocenters. The lowest BCUT2D eigenvalue weighted by atomic mass is 10.1. The lowest BCUT2D eigenvalue weighted by Crippen LogP contribution is -2.30. The zero-order chi connectivity index (χ0) is 22.1. The van der Waals surface area contributed by atoms with Crippen LogP contribution in [0.15, 0.2) is 54.6 Å². The van der Waals surface area contributed by atoms with Crippen molar-refractivity contribution in [2.24, 2.45) is 5.73 Å². The first kappa shape index (κ1) is 22.5. The number of carbonyl (C=O) groups is 3. The predicted octanol–water partition coefficient (Wildman–Crippen LogP) is 3.57. The van der Waals surface area contributed by atoms with Gasteiger partial charge in [0.05, 0.1) is 17.2 Å². The first-order valence-electron chi connectivity index (χ1n) is 10.6. The number of fused-ring (bicyclic) bond motifs is 1. The summed E-state index contributed by atoms with van der Waals surface area (Å²) in [6.07, 6.45) is 2.96. The molecule has 0 radical (unpaired) electrons. The van der Waals surface area contributed by atoms with Crippen LogP contribution in [0.3, 0.4) is 0 Å². The molecule has 3 amide bonds. The van der Waals surface area contributed by atoms with Gasteiger partial charge in [-0.25, -0.2) is 4.79 Å². The van der Waals surface area contributed by atoms with Crippen molar-refractivity contribution in [2.45, 2.75) is 38.2 Å². The molecule has 1 aliphatic heterocycles. The fourth-order valence-electron chi connectivity index (χ4n) is 3.64. The van der Waals surface area contributed by atoms with Crippen LogP contribution in [0.2, 0.25) is 0 Å². The highest BCUT2D eigenvalue weighted by Gasteiger charge is 2.34. The maximum atomic E-state index is 12.3. The highest BCUT2D eigenvalue weighted by molar-refractivity contribution is 6.21. The third-order valence-electron chi connectivity index (χ3n) is 5.23. The van der Waals surface area contributed by atoms with E-state index in [0.717, 1.165) is 31.2 Å². The van der Waals surface area contributed by atoms with Crippen LogP contribution in [0, 0.1) is 0 Å². The van der Waals surface area contributed by atoms with Gasteiger partial charge in [-0.2, -0.15) is 0 Å². The molecule has 0 aromatic heterocycles. The van der Waals surface area contributed by atoms with Gasteiger partial charge in [0.15, 0.2) is 0 Å². The number of ether oxygens (including phenoxy) is 2. The molecule has 2 aromatic rings. The van der Waals surface area contributed by atoms with E-state index in [-0.39, 0.29) is 24.5 Å². The molecule has 1 heterocycles. The Balaban J connectivity index is 1.34. The van der Waals surface area contributed by atoms with Gasteiger partial charge in [-0.3, -0.25) is 14.5 Å². The smallest absolute Gasteiger partial charge is 0.404 e. The molecular formula is C24H28N2O5. The molecule has 3 rings (SSSR count). The van der Waals surface area contributed by atoms with Gasteiger partial charge in [-0.15, -0.1) is 0 Å². The summed E-state index contributed by atoms with van der Waals surface area (Å²) in [6, 6.07) is 16.8. The Morgan fingerprint density at radius 2 is 1.48 bits per heavy atom. The molecule has 0 bridgehead atoms. The molecule has 7 nitrogen and oxygen atoms in total. The number of benzene rings is 2. The monoisotopic (exact) mass is 424 g/mol. The van der Waals surface area contributed by atoms with Gasteiger partial charge >= 0.3 is 6.09 Å². The average molecular weight is 424 g/mol. The van der Waals surface area contributed by atoms with Crippen molar-refractivity contribution in [2.75, 3.05) is 19.8 Å². The standard InChI is InChI=1S/C24H28N2O5/c25-24(29)31-17-19(16-18-10-4-3-5-11-18)30-15-9-2-1-8-14-26-22(27)20-12-6-7-13-21(20)23(26)28/h3-7,10-13,19H,1-2,8-9,14-17H2,(H2,25,29). The number of hydrogen-bond donors (Lipinski definition) is 1. The number of amides is 3. The summed E-state index contributed by atoms with van der Waals surface area (Å²) in [5, 5.41) is 0. The van der Waals surface area contributed by atoms with Crippen LogP contribution in [0.25, 0.3) is 0 Å². The third kappa shape index (κ3) is 6.39. The van der Waals surface area contributed by atoms with Crippen LogP contribution in [0.4, 0.5) is 4.79 Å². The molecular weight excluding hydrogens is 396 g/mol. The van der Waals surface area contributed by atoms with E-state index in [9.17, 15) is 14.4 Å². The van der Waals surface area contributed by atoms with Crippen molar-refractivity contribution in [3.05, 3.63) is 71.3 Å². The number of hydrogen-bond acceptors (Lipinski definition) is 5. The minimum Gasteiger partial charge on any atom is -0.447 e. The summed E-state index contributed by atoms with van der Waals surface area (Å²) in [5.74, 6) is -0.413. The molecule has 0 saturated carbocycles. The highest BCUT2D eigenvalue weighted by atomic mass is 16.6. The van der Waals surface area contributed by atoms with E-state index in [1.807, 2.05) is 30.3 Å². The maximum absolute atomic E-state index is 12.3. The molecule has 1 unspecified atom stereocenters. The van der Waals surface area contributed by atoms with E-state index in [1.165, 1.54) is 4.90 Å². The Morgan fingerprint density at radius 3 is 2.13 bits per heavy atom. The van der Waals surface area contributed by atoms with E-state index < -0.39 is 6.09 Å². The van der Waals surface area contributed by atoms with Crippen LogP contribution in [0.1, 0.15) is 52.0 Å². The fourth-order valence-corrected chi connectivity index (χ4v) is 3.64. The molecule has 31 heavy (non-hydrogen) atoms. The predicted molar refractivity (Wildman–Crippen MR) is 116 cm³/mol. The number of nitrogens with two attached hydrogens (primary N) is 1. The summed E-state index contributed by atoms with van der Waals surface area (Å²) >= 11 is 0. The Labute approximate surface area is 182 Å². The van der Waals surface area contributed by atoms with Gasteiger partial charge in [0.25, 0.3) is 11.8 Å². The topological polar surface area (TPSA) is 98.9 Å². The van der Waals surface area contributed by atoms with E-state index in [2.05, 4.69) is 0 Å². The summed E-state index contributed by atoms with van der Waals surface area (Å²) in [6.45, 7) is 1.08. The van der Waals surface area contributed by atoms with Crippen molar-refractivity contribution >= 4 is 17.9 Å². The summed E-state index contributed by atoms with van der Waals surface area (Å²) < 4.78 is 10.8. The SMILES string of the molecule is NC(=O)OCC(Cc1ccccc1)OCCCCCCN1C(=O)c2ccccc2C1=O. The van der Waals surface area contributed by atoms with Crippen LogP contribution in [-0.4, -0.2) is 48.7 Å². The molecule has 164 valence electrons. The molecule has 2 aromatic carbocycles. The first-order chi connectivity index (χ1) is 15.1. The lowest BCUT2D eigenvalue weighted by molar-refractivity contribution is 0.00578. The van der Waals surface area contributed by atoms with E-state index >= 15 is 0 Å². The second-order valence-corrected chi connectivity index (χ2v) is 7.53. The van der Waals surface area contributed by atoms with Gasteiger partial charge in [-0.1, -0.05) is 55.3 Å². The normalized spacial score (nSPS) is 13.9. The van der Waals surface area contributed by atoms with E-state index in [1.54, 1.807) is 24.3 Å². The zero-order valence-electron chi connectivity index (χ0n) is 17.5. The molecule has 0 aliphatic carbocycles. The summed E-state index contributed by atoms with van der Waals surface area (Å²) in [4.78, 5) is 37.0. The van der Waals surface area contributed by atoms with Gasteiger partial charge < -0.3 is 15.2 Å². The van der Waals surface area contributed by atoms with Crippen LogP contribution in [-0.2, 0) is 15.9 Å². The minimum atomic E-state index is -0.810. The van der Waals surface area contributed by atoms with Crippen LogP contribution >= 0.6 is 0 Å². The number of nitrogens with zero attached hydrogens (tertiary/aromatic N) is 1. The average Bonchev–Trinajstić information content (AvgIpc) is 3.02. The largest absolute Gasteiger partial charge is 0.447 e. The molecule has 2 N–H and O–H groups in total. The summed E-state index contributed by atoms with van der Waals surface area (Å²) in [7, 11) is 0. The fraction of sp³-hybridized carbons (Fsp3) is 0.375. The number of carbonyl (C=O) groups excluding carboxylic acids is 3. The van der Waals surface area contributed by atoms with E-state index in [0.29, 0.717) is 30.7 Å². The quantitative estimate of drug-likeness (QED) is 0.415. The maximum Gasteiger partial charge on any atom is 0.404 e. The van der Waals surface area contributed by atoms with Crippen LogP contribution in [0.5, 0.6) is 0 Å². The molecule has 7 heteroatoms. The summed E-state index contributed by atoms with van der Waals surface area (Å²) in [5.41, 5.74) is 7.15. The Kier molecular flexibility index (Phi) is 8.18. The van der Waals surface area contributed by atoms with Gasteiger partial charge in [0.1, 0.15) is 6.61 Å². The van der Waals surface area contributed by atoms with Gasteiger partial charge in [-0.05, 0) is 30.5 Å². The first-order valence-corrected chi connectivity index (χ1v) is 10.6. The number of unbranched alkanes of at least 4 members (excludes halogenated alkanes) is 3. The molecule has 0 saturated heterocycles. The Hall–Kier alpha value is -3.19. The molecule has 0 spiro atoms.